The highest BCUT2D eigenvalue weighted by molar-refractivity contribution is 6.25. The number of hydrogen-bond acceptors (Lipinski definition) is 2. The lowest BCUT2D eigenvalue weighted by molar-refractivity contribution is 0.0471. The van der Waals surface area contributed by atoms with Crippen LogP contribution in [0.1, 0.15) is 6.42 Å². The van der Waals surface area contributed by atoms with E-state index in [4.69, 9.17) is 33.4 Å². The highest BCUT2D eigenvalue weighted by Crippen LogP contribution is 2.28. The molecule has 2 N–H and O–H groups in total. The summed E-state index contributed by atoms with van der Waals surface area (Å²) in [5.74, 6) is 0. The number of aliphatic hydroxyl groups excluding tert-OH is 2. The molecule has 0 aromatic heterocycles. The molecule has 4 unspecified atom stereocenters. The summed E-state index contributed by atoms with van der Waals surface area (Å²) in [6, 6.07) is 0. The van der Waals surface area contributed by atoms with Crippen molar-refractivity contribution in [2.45, 2.75) is 29.4 Å². The first-order chi connectivity index (χ1) is 4.13. The fraction of sp³-hybridized carbons (Fsp3) is 1.00. The largest absolute Gasteiger partial charge is 0.389 e. The van der Waals surface area contributed by atoms with Crippen molar-refractivity contribution in [1.82, 2.24) is 0 Å². The topological polar surface area (TPSA) is 40.5 Å². The first-order valence-corrected chi connectivity index (χ1v) is 3.64. The third-order valence-electron chi connectivity index (χ3n) is 1.54. The molecule has 4 atom stereocenters. The smallest absolute Gasteiger partial charge is 0.0977 e. The Kier molecular flexibility index (Phi) is 2.22. The van der Waals surface area contributed by atoms with Gasteiger partial charge in [-0.15, -0.1) is 23.2 Å². The van der Waals surface area contributed by atoms with E-state index in [-0.39, 0.29) is 10.8 Å². The molecule has 1 fully saturated rings. The van der Waals surface area contributed by atoms with Crippen LogP contribution in [0.2, 0.25) is 0 Å². The van der Waals surface area contributed by atoms with E-state index in [1.54, 1.807) is 0 Å². The third-order valence-corrected chi connectivity index (χ3v) is 2.41. The lowest BCUT2D eigenvalue weighted by atomic mass is 10.3. The maximum atomic E-state index is 8.97. The SMILES string of the molecule is OC1C(Cl)CC(Cl)C1O. The number of rotatable bonds is 0. The van der Waals surface area contributed by atoms with E-state index in [1.807, 2.05) is 0 Å². The number of halogens is 2. The highest BCUT2D eigenvalue weighted by atomic mass is 35.5. The van der Waals surface area contributed by atoms with Gasteiger partial charge in [-0.2, -0.15) is 0 Å². The first-order valence-electron chi connectivity index (χ1n) is 2.77. The number of alkyl halides is 2. The average molecular weight is 171 g/mol. The van der Waals surface area contributed by atoms with Gasteiger partial charge in [0, 0.05) is 0 Å². The van der Waals surface area contributed by atoms with Gasteiger partial charge >= 0.3 is 0 Å². The van der Waals surface area contributed by atoms with Gasteiger partial charge in [0.05, 0.1) is 23.0 Å². The van der Waals surface area contributed by atoms with Crippen LogP contribution in [0.5, 0.6) is 0 Å². The minimum absolute atomic E-state index is 0.387. The summed E-state index contributed by atoms with van der Waals surface area (Å²) in [6.07, 6.45) is -1.23. The quantitative estimate of drug-likeness (QED) is 0.515. The molecular formula is C5H8Cl2O2. The molecule has 1 saturated carbocycles. The fourth-order valence-corrected chi connectivity index (χ4v) is 1.70. The lowest BCUT2D eigenvalue weighted by Crippen LogP contribution is -2.28. The van der Waals surface area contributed by atoms with Gasteiger partial charge in [0.2, 0.25) is 0 Å². The third kappa shape index (κ3) is 1.32. The molecule has 0 bridgehead atoms. The second-order valence-electron chi connectivity index (χ2n) is 2.25. The Hall–Kier alpha value is 0.500. The van der Waals surface area contributed by atoms with Gasteiger partial charge in [0.1, 0.15) is 0 Å². The summed E-state index contributed by atoms with van der Waals surface area (Å²) in [5, 5.41) is 17.2. The Morgan fingerprint density at radius 3 is 1.44 bits per heavy atom. The van der Waals surface area contributed by atoms with Crippen molar-refractivity contribution < 1.29 is 10.2 Å². The van der Waals surface area contributed by atoms with Crippen molar-refractivity contribution in [3.63, 3.8) is 0 Å². The second kappa shape index (κ2) is 2.62. The van der Waals surface area contributed by atoms with E-state index in [2.05, 4.69) is 0 Å². The fourth-order valence-electron chi connectivity index (χ4n) is 0.922. The molecule has 0 heterocycles. The molecule has 9 heavy (non-hydrogen) atoms. The van der Waals surface area contributed by atoms with Crippen LogP contribution < -0.4 is 0 Å². The van der Waals surface area contributed by atoms with Crippen molar-refractivity contribution in [3.05, 3.63) is 0 Å². The average Bonchev–Trinajstić information content (AvgIpc) is 1.98. The van der Waals surface area contributed by atoms with Gasteiger partial charge < -0.3 is 10.2 Å². The molecule has 1 rings (SSSR count). The van der Waals surface area contributed by atoms with Crippen molar-refractivity contribution in [1.29, 1.82) is 0 Å². The van der Waals surface area contributed by atoms with Crippen molar-refractivity contribution in [2.24, 2.45) is 0 Å². The normalized spacial score (nSPS) is 52.0. The van der Waals surface area contributed by atoms with Crippen LogP contribution in [0.3, 0.4) is 0 Å². The molecule has 54 valence electrons. The zero-order chi connectivity index (χ0) is 7.02. The molecule has 2 nitrogen and oxygen atoms in total. The maximum absolute atomic E-state index is 8.97. The molecule has 0 saturated heterocycles. The predicted octanol–water partition coefficient (Wildman–Crippen LogP) is 0.327. The molecule has 0 amide bonds. The summed E-state index contributed by atoms with van der Waals surface area (Å²) < 4.78 is 0. The summed E-state index contributed by atoms with van der Waals surface area (Å²) in [7, 11) is 0. The van der Waals surface area contributed by atoms with Crippen LogP contribution in [0.15, 0.2) is 0 Å². The maximum Gasteiger partial charge on any atom is 0.0977 e. The monoisotopic (exact) mass is 170 g/mol. The summed E-state index contributed by atoms with van der Waals surface area (Å²) in [6.45, 7) is 0. The Bertz CT molecular complexity index is 97.1. The van der Waals surface area contributed by atoms with E-state index in [0.29, 0.717) is 6.42 Å². The molecule has 0 radical (unpaired) electrons. The molecule has 0 spiro atoms. The molecule has 1 aliphatic carbocycles. The van der Waals surface area contributed by atoms with Gasteiger partial charge in [-0.3, -0.25) is 0 Å². The first kappa shape index (κ1) is 7.61. The van der Waals surface area contributed by atoms with E-state index in [9.17, 15) is 0 Å². The standard InChI is InChI=1S/C5H8Cl2O2/c6-2-1-3(7)5(9)4(2)8/h2-5,8-9H,1H2. The minimum atomic E-state index is -0.853. The van der Waals surface area contributed by atoms with Crippen LogP contribution >= 0.6 is 23.2 Å². The van der Waals surface area contributed by atoms with Crippen LogP contribution in [-0.4, -0.2) is 33.2 Å². The van der Waals surface area contributed by atoms with Gasteiger partial charge in [-0.1, -0.05) is 0 Å². The van der Waals surface area contributed by atoms with Crippen molar-refractivity contribution in [3.8, 4) is 0 Å². The zero-order valence-electron chi connectivity index (χ0n) is 4.67. The van der Waals surface area contributed by atoms with Crippen molar-refractivity contribution >= 4 is 23.2 Å². The predicted molar refractivity (Wildman–Crippen MR) is 35.9 cm³/mol. The molecular weight excluding hydrogens is 163 g/mol. The second-order valence-corrected chi connectivity index (χ2v) is 3.37. The lowest BCUT2D eigenvalue weighted by Gasteiger charge is -2.09. The Morgan fingerprint density at radius 2 is 1.33 bits per heavy atom. The molecule has 1 aliphatic rings. The number of aliphatic hydroxyl groups is 2. The highest BCUT2D eigenvalue weighted by Gasteiger charge is 2.39. The molecule has 0 aromatic carbocycles. The van der Waals surface area contributed by atoms with Gasteiger partial charge in [-0.05, 0) is 6.42 Å². The minimum Gasteiger partial charge on any atom is -0.389 e. The Morgan fingerprint density at radius 1 is 1.00 bits per heavy atom. The summed E-state index contributed by atoms with van der Waals surface area (Å²) in [5.41, 5.74) is 0. The molecule has 4 heteroatoms. The molecule has 0 aromatic rings. The zero-order valence-corrected chi connectivity index (χ0v) is 6.18. The van der Waals surface area contributed by atoms with Crippen LogP contribution in [0.25, 0.3) is 0 Å². The van der Waals surface area contributed by atoms with E-state index in [0.717, 1.165) is 0 Å². The van der Waals surface area contributed by atoms with Gasteiger partial charge in [0.25, 0.3) is 0 Å². The summed E-state index contributed by atoms with van der Waals surface area (Å²) in [4.78, 5) is 0. The van der Waals surface area contributed by atoms with Gasteiger partial charge in [0.15, 0.2) is 0 Å². The van der Waals surface area contributed by atoms with Crippen LogP contribution in [-0.2, 0) is 0 Å². The van der Waals surface area contributed by atoms with E-state index in [1.165, 1.54) is 0 Å². The molecule has 0 aliphatic heterocycles. The van der Waals surface area contributed by atoms with Crippen molar-refractivity contribution in [2.75, 3.05) is 0 Å². The van der Waals surface area contributed by atoms with E-state index >= 15 is 0 Å². The van der Waals surface area contributed by atoms with Crippen LogP contribution in [0, 0.1) is 0 Å². The Balaban J connectivity index is 2.54. The summed E-state index contributed by atoms with van der Waals surface area (Å²) >= 11 is 11.1. The Labute approximate surface area is 63.4 Å². The van der Waals surface area contributed by atoms with Gasteiger partial charge in [-0.25, -0.2) is 0 Å². The van der Waals surface area contributed by atoms with E-state index < -0.39 is 12.2 Å². The van der Waals surface area contributed by atoms with Crippen LogP contribution in [0.4, 0.5) is 0 Å². The number of hydrogen-bond donors (Lipinski definition) is 2.